The zero-order valence-electron chi connectivity index (χ0n) is 13.3. The minimum atomic E-state index is -0.345. The van der Waals surface area contributed by atoms with Crippen LogP contribution in [0.1, 0.15) is 51.2 Å². The lowest BCUT2D eigenvalue weighted by atomic mass is 9.89. The van der Waals surface area contributed by atoms with E-state index in [0.717, 1.165) is 34.8 Å². The lowest BCUT2D eigenvalue weighted by Crippen LogP contribution is -2.27. The standard InChI is InChI=1S/C18H28BrNO/c1-14(2)15-4-3-11-20(12-9-15)13-10-18(21)16-5-7-17(19)8-6-16/h5-8,14-15,18,21H,3-4,9-13H2,1-2H3. The van der Waals surface area contributed by atoms with Crippen molar-refractivity contribution in [2.24, 2.45) is 11.8 Å². The Kier molecular flexibility index (Phi) is 6.72. The first kappa shape index (κ1) is 17.0. The highest BCUT2D eigenvalue weighted by atomic mass is 79.9. The molecule has 1 N–H and O–H groups in total. The predicted molar refractivity (Wildman–Crippen MR) is 92.3 cm³/mol. The Labute approximate surface area is 137 Å². The molecule has 0 spiro atoms. The zero-order valence-corrected chi connectivity index (χ0v) is 14.8. The second kappa shape index (κ2) is 8.30. The van der Waals surface area contributed by atoms with E-state index >= 15 is 0 Å². The summed E-state index contributed by atoms with van der Waals surface area (Å²) in [6.07, 6.45) is 4.46. The molecule has 0 bridgehead atoms. The van der Waals surface area contributed by atoms with Crippen LogP contribution in [0.15, 0.2) is 28.7 Å². The monoisotopic (exact) mass is 353 g/mol. The van der Waals surface area contributed by atoms with Gasteiger partial charge in [0.05, 0.1) is 6.10 Å². The fraction of sp³-hybridized carbons (Fsp3) is 0.667. The van der Waals surface area contributed by atoms with Gasteiger partial charge in [-0.3, -0.25) is 0 Å². The molecule has 2 rings (SSSR count). The van der Waals surface area contributed by atoms with Gasteiger partial charge in [0.2, 0.25) is 0 Å². The van der Waals surface area contributed by atoms with Crippen molar-refractivity contribution in [1.29, 1.82) is 0 Å². The van der Waals surface area contributed by atoms with Gasteiger partial charge in [0.25, 0.3) is 0 Å². The van der Waals surface area contributed by atoms with Gasteiger partial charge in [0, 0.05) is 11.0 Å². The number of nitrogens with zero attached hydrogens (tertiary/aromatic N) is 1. The number of hydrogen-bond acceptors (Lipinski definition) is 2. The maximum atomic E-state index is 10.3. The highest BCUT2D eigenvalue weighted by Gasteiger charge is 2.20. The number of rotatable bonds is 5. The molecular formula is C18H28BrNO. The molecule has 1 aliphatic rings. The van der Waals surface area contributed by atoms with Gasteiger partial charge in [-0.2, -0.15) is 0 Å². The first-order chi connectivity index (χ1) is 10.1. The third kappa shape index (κ3) is 5.39. The maximum Gasteiger partial charge on any atom is 0.0802 e. The van der Waals surface area contributed by atoms with E-state index in [-0.39, 0.29) is 6.10 Å². The van der Waals surface area contributed by atoms with Crippen molar-refractivity contribution in [3.05, 3.63) is 34.3 Å². The van der Waals surface area contributed by atoms with Gasteiger partial charge in [-0.15, -0.1) is 0 Å². The van der Waals surface area contributed by atoms with Crippen molar-refractivity contribution in [3.8, 4) is 0 Å². The summed E-state index contributed by atoms with van der Waals surface area (Å²) >= 11 is 3.43. The average Bonchev–Trinajstić information content (AvgIpc) is 2.71. The fourth-order valence-electron chi connectivity index (χ4n) is 3.23. The lowest BCUT2D eigenvalue weighted by Gasteiger charge is -2.22. The second-order valence-corrected chi connectivity index (χ2v) is 7.55. The van der Waals surface area contributed by atoms with Crippen LogP contribution < -0.4 is 0 Å². The Hall–Kier alpha value is -0.380. The molecule has 1 saturated heterocycles. The zero-order chi connectivity index (χ0) is 15.2. The maximum absolute atomic E-state index is 10.3. The molecule has 2 unspecified atom stereocenters. The number of aliphatic hydroxyl groups is 1. The first-order valence-corrected chi connectivity index (χ1v) is 9.01. The van der Waals surface area contributed by atoms with E-state index in [1.807, 2.05) is 24.3 Å². The van der Waals surface area contributed by atoms with E-state index in [0.29, 0.717) is 0 Å². The molecule has 2 atom stereocenters. The molecule has 118 valence electrons. The molecule has 0 amide bonds. The van der Waals surface area contributed by atoms with Crippen LogP contribution in [0.4, 0.5) is 0 Å². The van der Waals surface area contributed by atoms with Crippen LogP contribution in [0.2, 0.25) is 0 Å². The highest BCUT2D eigenvalue weighted by Crippen LogP contribution is 2.25. The molecule has 1 fully saturated rings. The molecule has 1 aromatic rings. The summed E-state index contributed by atoms with van der Waals surface area (Å²) in [5.41, 5.74) is 1.02. The van der Waals surface area contributed by atoms with Crippen LogP contribution in [0, 0.1) is 11.8 Å². The van der Waals surface area contributed by atoms with E-state index in [4.69, 9.17) is 0 Å². The highest BCUT2D eigenvalue weighted by molar-refractivity contribution is 9.10. The van der Waals surface area contributed by atoms with E-state index in [9.17, 15) is 5.11 Å². The Morgan fingerprint density at radius 1 is 1.19 bits per heavy atom. The summed E-state index contributed by atoms with van der Waals surface area (Å²) in [5, 5.41) is 10.3. The predicted octanol–water partition coefficient (Wildman–Crippen LogP) is 4.63. The Morgan fingerprint density at radius 2 is 1.90 bits per heavy atom. The van der Waals surface area contributed by atoms with Crippen LogP contribution in [0.3, 0.4) is 0 Å². The van der Waals surface area contributed by atoms with E-state index < -0.39 is 0 Å². The van der Waals surface area contributed by atoms with Gasteiger partial charge in [0.15, 0.2) is 0 Å². The van der Waals surface area contributed by atoms with Gasteiger partial charge in [-0.25, -0.2) is 0 Å². The van der Waals surface area contributed by atoms with Gasteiger partial charge in [-0.1, -0.05) is 41.9 Å². The minimum absolute atomic E-state index is 0.345. The SMILES string of the molecule is CC(C)C1CCCN(CCC(O)c2ccc(Br)cc2)CC1. The van der Waals surface area contributed by atoms with E-state index in [1.54, 1.807) is 0 Å². The van der Waals surface area contributed by atoms with Crippen molar-refractivity contribution in [1.82, 2.24) is 4.90 Å². The molecule has 3 heteroatoms. The lowest BCUT2D eigenvalue weighted by molar-refractivity contribution is 0.142. The summed E-state index contributed by atoms with van der Waals surface area (Å²) in [5.74, 6) is 1.68. The molecule has 0 radical (unpaired) electrons. The first-order valence-electron chi connectivity index (χ1n) is 8.22. The molecule has 21 heavy (non-hydrogen) atoms. The fourth-order valence-corrected chi connectivity index (χ4v) is 3.49. The summed E-state index contributed by atoms with van der Waals surface area (Å²) in [6.45, 7) is 8.07. The Morgan fingerprint density at radius 3 is 2.57 bits per heavy atom. The molecule has 2 nitrogen and oxygen atoms in total. The van der Waals surface area contributed by atoms with Gasteiger partial charge in [-0.05, 0) is 68.3 Å². The van der Waals surface area contributed by atoms with Gasteiger partial charge >= 0.3 is 0 Å². The summed E-state index contributed by atoms with van der Waals surface area (Å²) < 4.78 is 1.06. The van der Waals surface area contributed by atoms with Crippen LogP contribution in [-0.4, -0.2) is 29.6 Å². The Bertz CT molecular complexity index is 418. The number of aliphatic hydroxyl groups excluding tert-OH is 1. The van der Waals surface area contributed by atoms with Crippen LogP contribution >= 0.6 is 15.9 Å². The van der Waals surface area contributed by atoms with Crippen LogP contribution in [-0.2, 0) is 0 Å². The molecule has 1 aromatic carbocycles. The third-order valence-corrected chi connectivity index (χ3v) is 5.31. The van der Waals surface area contributed by atoms with Crippen molar-refractivity contribution in [2.75, 3.05) is 19.6 Å². The van der Waals surface area contributed by atoms with E-state index in [1.165, 1.54) is 32.4 Å². The molecule has 1 aliphatic heterocycles. The van der Waals surface area contributed by atoms with Gasteiger partial charge < -0.3 is 10.0 Å². The van der Waals surface area contributed by atoms with Crippen molar-refractivity contribution in [2.45, 2.75) is 45.6 Å². The number of benzene rings is 1. The van der Waals surface area contributed by atoms with Crippen molar-refractivity contribution >= 4 is 15.9 Å². The molecule has 0 aromatic heterocycles. The van der Waals surface area contributed by atoms with Crippen LogP contribution in [0.5, 0.6) is 0 Å². The van der Waals surface area contributed by atoms with Crippen LogP contribution in [0.25, 0.3) is 0 Å². The summed E-state index contributed by atoms with van der Waals surface area (Å²) in [4.78, 5) is 2.53. The molecule has 0 aliphatic carbocycles. The normalized spacial score (nSPS) is 22.2. The summed E-state index contributed by atoms with van der Waals surface area (Å²) in [6, 6.07) is 8.01. The number of halogens is 1. The smallest absolute Gasteiger partial charge is 0.0802 e. The largest absolute Gasteiger partial charge is 0.388 e. The minimum Gasteiger partial charge on any atom is -0.388 e. The van der Waals surface area contributed by atoms with Crippen molar-refractivity contribution < 1.29 is 5.11 Å². The summed E-state index contributed by atoms with van der Waals surface area (Å²) in [7, 11) is 0. The van der Waals surface area contributed by atoms with E-state index in [2.05, 4.69) is 34.7 Å². The van der Waals surface area contributed by atoms with Gasteiger partial charge in [0.1, 0.15) is 0 Å². The third-order valence-electron chi connectivity index (χ3n) is 4.78. The molecule has 0 saturated carbocycles. The van der Waals surface area contributed by atoms with Crippen molar-refractivity contribution in [3.63, 3.8) is 0 Å². The molecule has 1 heterocycles. The number of likely N-dealkylation sites (tertiary alicyclic amines) is 1. The molecular weight excluding hydrogens is 326 g/mol. The topological polar surface area (TPSA) is 23.5 Å². The average molecular weight is 354 g/mol. The Balaban J connectivity index is 1.78. The second-order valence-electron chi connectivity index (χ2n) is 6.63. The number of hydrogen-bond donors (Lipinski definition) is 1. The quantitative estimate of drug-likeness (QED) is 0.833.